The highest BCUT2D eigenvalue weighted by Crippen LogP contribution is 2.12. The smallest absolute Gasteiger partial charge is 0.328 e. The Hall–Kier alpha value is -1.89. The first kappa shape index (κ1) is 12.2. The summed E-state index contributed by atoms with van der Waals surface area (Å²) in [6.45, 7) is 3.90. The van der Waals surface area contributed by atoms with Crippen LogP contribution in [0.15, 0.2) is 15.9 Å². The molecule has 0 aliphatic carbocycles. The Morgan fingerprint density at radius 1 is 1.47 bits per heavy atom. The highest BCUT2D eigenvalue weighted by Gasteiger charge is 2.24. The lowest BCUT2D eigenvalue weighted by Gasteiger charge is -2.14. The van der Waals surface area contributed by atoms with E-state index in [2.05, 4.69) is 10.3 Å². The van der Waals surface area contributed by atoms with Gasteiger partial charge in [-0.25, -0.2) is 9.78 Å². The Morgan fingerprint density at radius 2 is 2.26 bits per heavy atom. The van der Waals surface area contributed by atoms with Gasteiger partial charge in [-0.05, 0) is 19.9 Å². The number of imidazole rings is 1. The van der Waals surface area contributed by atoms with E-state index in [-0.39, 0.29) is 17.3 Å². The van der Waals surface area contributed by atoms with E-state index >= 15 is 0 Å². The second-order valence-electron chi connectivity index (χ2n) is 4.88. The van der Waals surface area contributed by atoms with Crippen molar-refractivity contribution >= 4 is 11.2 Å². The van der Waals surface area contributed by atoms with Gasteiger partial charge >= 0.3 is 5.69 Å². The van der Waals surface area contributed by atoms with E-state index in [9.17, 15) is 9.59 Å². The third-order valence-electron chi connectivity index (χ3n) is 3.75. The lowest BCUT2D eigenvalue weighted by atomic mass is 10.2. The maximum atomic E-state index is 12.5. The number of aromatic nitrogens is 4. The quantitative estimate of drug-likeness (QED) is 0.789. The van der Waals surface area contributed by atoms with Gasteiger partial charge in [-0.15, -0.1) is 0 Å². The standard InChI is InChI=1S/C12H17N5O2/c1-3-16-10-9(15(2)7-14-10)11(18)17(12(16)19)8-4-5-13-6-8/h7-8,13H,3-6H2,1-2H3. The van der Waals surface area contributed by atoms with Crippen molar-refractivity contribution in [2.24, 2.45) is 7.05 Å². The van der Waals surface area contributed by atoms with Crippen LogP contribution in [-0.2, 0) is 13.6 Å². The van der Waals surface area contributed by atoms with E-state index in [1.165, 1.54) is 4.57 Å². The van der Waals surface area contributed by atoms with Crippen molar-refractivity contribution in [3.8, 4) is 0 Å². The predicted octanol–water partition coefficient (Wildman–Crippen LogP) is -0.549. The van der Waals surface area contributed by atoms with Gasteiger partial charge in [0.2, 0.25) is 0 Å². The molecule has 1 saturated heterocycles. The molecule has 0 bridgehead atoms. The minimum atomic E-state index is -0.257. The molecule has 7 heteroatoms. The summed E-state index contributed by atoms with van der Waals surface area (Å²) in [6, 6.07) is -0.0582. The lowest BCUT2D eigenvalue weighted by Crippen LogP contribution is -2.43. The van der Waals surface area contributed by atoms with Crippen LogP contribution in [0.4, 0.5) is 0 Å². The molecule has 1 aliphatic heterocycles. The van der Waals surface area contributed by atoms with Gasteiger partial charge in [-0.3, -0.25) is 13.9 Å². The fraction of sp³-hybridized carbons (Fsp3) is 0.583. The van der Waals surface area contributed by atoms with Gasteiger partial charge in [-0.2, -0.15) is 0 Å². The molecule has 1 unspecified atom stereocenters. The number of fused-ring (bicyclic) bond motifs is 1. The third kappa shape index (κ3) is 1.65. The fourth-order valence-electron chi connectivity index (χ4n) is 2.75. The summed E-state index contributed by atoms with van der Waals surface area (Å²) in [7, 11) is 1.78. The van der Waals surface area contributed by atoms with Crippen LogP contribution in [0.25, 0.3) is 11.2 Å². The molecule has 0 amide bonds. The van der Waals surface area contributed by atoms with Gasteiger partial charge in [0.25, 0.3) is 5.56 Å². The minimum Gasteiger partial charge on any atom is -0.328 e. The van der Waals surface area contributed by atoms with E-state index < -0.39 is 0 Å². The number of rotatable bonds is 2. The highest BCUT2D eigenvalue weighted by molar-refractivity contribution is 5.69. The van der Waals surface area contributed by atoms with Gasteiger partial charge in [0.05, 0.1) is 12.4 Å². The molecular formula is C12H17N5O2. The zero-order valence-corrected chi connectivity index (χ0v) is 11.1. The Kier molecular flexibility index (Phi) is 2.78. The highest BCUT2D eigenvalue weighted by atomic mass is 16.2. The summed E-state index contributed by atoms with van der Waals surface area (Å²) >= 11 is 0. The monoisotopic (exact) mass is 263 g/mol. The Labute approximate surface area is 109 Å². The van der Waals surface area contributed by atoms with Crippen molar-refractivity contribution in [3.63, 3.8) is 0 Å². The summed E-state index contributed by atoms with van der Waals surface area (Å²) in [5.41, 5.74) is 0.473. The molecule has 1 N–H and O–H groups in total. The molecule has 2 aromatic rings. The molecule has 1 fully saturated rings. The second-order valence-corrected chi connectivity index (χ2v) is 4.88. The maximum Gasteiger partial charge on any atom is 0.333 e. The van der Waals surface area contributed by atoms with Crippen LogP contribution in [0.5, 0.6) is 0 Å². The van der Waals surface area contributed by atoms with Crippen LogP contribution in [0, 0.1) is 0 Å². The number of nitrogens with zero attached hydrogens (tertiary/aromatic N) is 4. The Bertz CT molecular complexity index is 733. The predicted molar refractivity (Wildman–Crippen MR) is 71.4 cm³/mol. The van der Waals surface area contributed by atoms with E-state index in [1.54, 1.807) is 22.5 Å². The Morgan fingerprint density at radius 3 is 2.89 bits per heavy atom. The SMILES string of the molecule is CCn1c(=O)n(C2CCNC2)c(=O)c2c1ncn2C. The molecule has 0 saturated carbocycles. The van der Waals surface area contributed by atoms with Gasteiger partial charge in [0, 0.05) is 20.1 Å². The van der Waals surface area contributed by atoms with Crippen molar-refractivity contribution in [2.45, 2.75) is 25.9 Å². The summed E-state index contributed by atoms with van der Waals surface area (Å²) in [5.74, 6) is 0. The normalized spacial score (nSPS) is 19.4. The van der Waals surface area contributed by atoms with Crippen LogP contribution in [0.3, 0.4) is 0 Å². The first-order valence-electron chi connectivity index (χ1n) is 6.52. The average molecular weight is 263 g/mol. The molecule has 0 spiro atoms. The van der Waals surface area contributed by atoms with Gasteiger partial charge in [0.15, 0.2) is 11.2 Å². The first-order valence-corrected chi connectivity index (χ1v) is 6.52. The van der Waals surface area contributed by atoms with Crippen molar-refractivity contribution in [3.05, 3.63) is 27.2 Å². The largest absolute Gasteiger partial charge is 0.333 e. The summed E-state index contributed by atoms with van der Waals surface area (Å²) in [4.78, 5) is 29.2. The fourth-order valence-corrected chi connectivity index (χ4v) is 2.75. The zero-order chi connectivity index (χ0) is 13.6. The first-order chi connectivity index (χ1) is 9.15. The summed E-state index contributed by atoms with van der Waals surface area (Å²) < 4.78 is 4.63. The second kappa shape index (κ2) is 4.34. The minimum absolute atomic E-state index is 0.0582. The van der Waals surface area contributed by atoms with Crippen molar-refractivity contribution in [2.75, 3.05) is 13.1 Å². The van der Waals surface area contributed by atoms with Crippen molar-refractivity contribution in [1.82, 2.24) is 24.0 Å². The lowest BCUT2D eigenvalue weighted by molar-refractivity contribution is 0.483. The number of aryl methyl sites for hydroxylation is 2. The van der Waals surface area contributed by atoms with E-state index in [0.29, 0.717) is 24.3 Å². The van der Waals surface area contributed by atoms with Crippen molar-refractivity contribution in [1.29, 1.82) is 0 Å². The average Bonchev–Trinajstić information content (AvgIpc) is 3.00. The molecule has 7 nitrogen and oxygen atoms in total. The third-order valence-corrected chi connectivity index (χ3v) is 3.75. The number of hydrogen-bond acceptors (Lipinski definition) is 4. The zero-order valence-electron chi connectivity index (χ0n) is 11.1. The van der Waals surface area contributed by atoms with Crippen LogP contribution < -0.4 is 16.6 Å². The van der Waals surface area contributed by atoms with Crippen LogP contribution in [0.1, 0.15) is 19.4 Å². The van der Waals surface area contributed by atoms with Gasteiger partial charge in [-0.1, -0.05) is 0 Å². The van der Waals surface area contributed by atoms with Gasteiger partial charge in [0.1, 0.15) is 0 Å². The molecular weight excluding hydrogens is 246 g/mol. The van der Waals surface area contributed by atoms with E-state index in [4.69, 9.17) is 0 Å². The molecule has 19 heavy (non-hydrogen) atoms. The molecule has 1 atom stereocenters. The van der Waals surface area contributed by atoms with Crippen LogP contribution in [-0.4, -0.2) is 31.8 Å². The van der Waals surface area contributed by atoms with Gasteiger partial charge < -0.3 is 9.88 Å². The molecule has 0 radical (unpaired) electrons. The van der Waals surface area contributed by atoms with Crippen LogP contribution >= 0.6 is 0 Å². The maximum absolute atomic E-state index is 12.5. The van der Waals surface area contributed by atoms with Crippen LogP contribution in [0.2, 0.25) is 0 Å². The molecule has 0 aromatic carbocycles. The molecule has 3 rings (SSSR count). The van der Waals surface area contributed by atoms with E-state index in [1.807, 2.05) is 6.92 Å². The molecule has 1 aliphatic rings. The number of nitrogens with one attached hydrogen (secondary N) is 1. The number of hydrogen-bond donors (Lipinski definition) is 1. The molecule has 102 valence electrons. The van der Waals surface area contributed by atoms with E-state index in [0.717, 1.165) is 13.0 Å². The molecule has 3 heterocycles. The summed E-state index contributed by atoms with van der Waals surface area (Å²) in [6.07, 6.45) is 2.39. The summed E-state index contributed by atoms with van der Waals surface area (Å²) in [5, 5.41) is 3.19. The van der Waals surface area contributed by atoms with Crippen molar-refractivity contribution < 1.29 is 0 Å². The Balaban J connectivity index is 2.41. The molecule has 2 aromatic heterocycles. The topological polar surface area (TPSA) is 73.8 Å².